The fraction of sp³-hybridized carbons (Fsp3) is 0.400. The number of anilines is 1. The number of halogens is 1. The number of carbonyl (C=O) groups excluding carboxylic acids is 1. The Balaban J connectivity index is 3.08. The zero-order chi connectivity index (χ0) is 13.0. The van der Waals surface area contributed by atoms with Gasteiger partial charge in [-0.1, -0.05) is 15.9 Å². The highest BCUT2D eigenvalue weighted by atomic mass is 79.9. The highest BCUT2D eigenvalue weighted by Crippen LogP contribution is 2.21. The normalized spacial score (nSPS) is 14.1. The second-order valence-corrected chi connectivity index (χ2v) is 4.01. The molecule has 1 rings (SSSR count). The van der Waals surface area contributed by atoms with Gasteiger partial charge in [0.25, 0.3) is 0 Å². The summed E-state index contributed by atoms with van der Waals surface area (Å²) in [7, 11) is 1.22. The van der Waals surface area contributed by atoms with Crippen LogP contribution in [0.3, 0.4) is 0 Å². The van der Waals surface area contributed by atoms with Crippen LogP contribution in [0.5, 0.6) is 0 Å². The minimum absolute atomic E-state index is 0.0149. The zero-order valence-electron chi connectivity index (χ0n) is 9.13. The van der Waals surface area contributed by atoms with Crippen molar-refractivity contribution in [3.63, 3.8) is 0 Å². The van der Waals surface area contributed by atoms with Crippen LogP contribution in [-0.2, 0) is 4.74 Å². The monoisotopic (exact) mass is 304 g/mol. The molecule has 0 fully saturated rings. The molecule has 1 aromatic rings. The number of nitrogen functional groups attached to an aromatic ring is 1. The van der Waals surface area contributed by atoms with E-state index in [1.807, 2.05) is 0 Å². The molecule has 1 aromatic heterocycles. The van der Waals surface area contributed by atoms with Crippen molar-refractivity contribution in [1.82, 2.24) is 4.98 Å². The van der Waals surface area contributed by atoms with Crippen molar-refractivity contribution in [1.29, 1.82) is 0 Å². The largest absolute Gasteiger partial charge is 0.465 e. The predicted molar refractivity (Wildman–Crippen MR) is 64.7 cm³/mol. The van der Waals surface area contributed by atoms with E-state index in [1.165, 1.54) is 19.4 Å². The number of ether oxygens (including phenoxy) is 1. The predicted octanol–water partition coefficient (Wildman–Crippen LogP) is 0.240. The van der Waals surface area contributed by atoms with E-state index in [2.05, 4.69) is 25.7 Å². The number of hydrogen-bond donors (Lipinski definition) is 3. The van der Waals surface area contributed by atoms with E-state index in [-0.39, 0.29) is 16.7 Å². The van der Waals surface area contributed by atoms with Crippen LogP contribution in [0.1, 0.15) is 22.0 Å². The van der Waals surface area contributed by atoms with Crippen molar-refractivity contribution in [2.75, 3.05) is 18.2 Å². The van der Waals surface area contributed by atoms with E-state index in [0.717, 1.165) is 0 Å². The lowest BCUT2D eigenvalue weighted by atomic mass is 10.1. The molecule has 2 atom stereocenters. The van der Waals surface area contributed by atoms with Crippen LogP contribution < -0.4 is 5.73 Å². The van der Waals surface area contributed by atoms with Gasteiger partial charge in [-0.25, -0.2) is 9.78 Å². The third kappa shape index (κ3) is 3.15. The smallest absolute Gasteiger partial charge is 0.341 e. The van der Waals surface area contributed by atoms with E-state index in [9.17, 15) is 15.0 Å². The first kappa shape index (κ1) is 13.9. The molecule has 17 heavy (non-hydrogen) atoms. The first-order valence-corrected chi connectivity index (χ1v) is 5.89. The second-order valence-electron chi connectivity index (χ2n) is 3.36. The van der Waals surface area contributed by atoms with E-state index < -0.39 is 18.2 Å². The average Bonchev–Trinajstić information content (AvgIpc) is 2.36. The lowest BCUT2D eigenvalue weighted by Crippen LogP contribution is -2.20. The van der Waals surface area contributed by atoms with Crippen LogP contribution in [0, 0.1) is 0 Å². The van der Waals surface area contributed by atoms with Gasteiger partial charge in [0, 0.05) is 17.1 Å². The Morgan fingerprint density at radius 1 is 1.65 bits per heavy atom. The number of aromatic nitrogens is 1. The number of aliphatic hydroxyl groups is 2. The van der Waals surface area contributed by atoms with Gasteiger partial charge >= 0.3 is 5.97 Å². The van der Waals surface area contributed by atoms with Crippen molar-refractivity contribution < 1.29 is 19.7 Å². The van der Waals surface area contributed by atoms with Crippen molar-refractivity contribution >= 4 is 27.7 Å². The topological polar surface area (TPSA) is 106 Å². The average molecular weight is 305 g/mol. The molecule has 0 amide bonds. The highest BCUT2D eigenvalue weighted by molar-refractivity contribution is 9.09. The zero-order valence-corrected chi connectivity index (χ0v) is 10.7. The molecule has 4 N–H and O–H groups in total. The molecule has 2 unspecified atom stereocenters. The van der Waals surface area contributed by atoms with Gasteiger partial charge < -0.3 is 20.7 Å². The quantitative estimate of drug-likeness (QED) is 0.543. The van der Waals surface area contributed by atoms with Crippen molar-refractivity contribution in [3.05, 3.63) is 23.4 Å². The highest BCUT2D eigenvalue weighted by Gasteiger charge is 2.20. The van der Waals surface area contributed by atoms with Gasteiger partial charge in [-0.05, 0) is 6.07 Å². The fourth-order valence-electron chi connectivity index (χ4n) is 1.23. The van der Waals surface area contributed by atoms with Crippen LogP contribution in [0.25, 0.3) is 0 Å². The summed E-state index contributed by atoms with van der Waals surface area (Å²) >= 11 is 3.04. The molecule has 0 bridgehead atoms. The lowest BCUT2D eigenvalue weighted by Gasteiger charge is -2.16. The third-order valence-electron chi connectivity index (χ3n) is 2.21. The summed E-state index contributed by atoms with van der Waals surface area (Å²) in [4.78, 5) is 15.1. The fourth-order valence-corrected chi connectivity index (χ4v) is 1.59. The number of hydrogen-bond acceptors (Lipinski definition) is 6. The molecule has 94 valence electrons. The van der Waals surface area contributed by atoms with E-state index in [4.69, 9.17) is 5.73 Å². The molecule has 1 heterocycles. The molecule has 0 aliphatic carbocycles. The van der Waals surface area contributed by atoms with Crippen molar-refractivity contribution in [2.45, 2.75) is 12.2 Å². The Morgan fingerprint density at radius 2 is 2.29 bits per heavy atom. The molecule has 0 saturated heterocycles. The molecule has 0 radical (unpaired) electrons. The molecular formula is C10H13BrN2O4. The van der Waals surface area contributed by atoms with Gasteiger partial charge in [-0.15, -0.1) is 0 Å². The van der Waals surface area contributed by atoms with E-state index in [1.54, 1.807) is 0 Å². The molecule has 0 aliphatic rings. The summed E-state index contributed by atoms with van der Waals surface area (Å²) in [5, 5.41) is 19.4. The number of alkyl halides is 1. The Bertz CT molecular complexity index is 413. The van der Waals surface area contributed by atoms with Gasteiger partial charge in [-0.2, -0.15) is 0 Å². The number of carbonyl (C=O) groups is 1. The maximum absolute atomic E-state index is 11.4. The minimum atomic E-state index is -1.15. The van der Waals surface area contributed by atoms with Crippen LogP contribution in [-0.4, -0.2) is 39.7 Å². The number of methoxy groups -OCH3 is 1. The SMILES string of the molecule is COC(=O)c1cc(C(O)C(O)CBr)cnc1N. The van der Waals surface area contributed by atoms with E-state index >= 15 is 0 Å². The van der Waals surface area contributed by atoms with E-state index in [0.29, 0.717) is 5.56 Å². The molecular weight excluding hydrogens is 292 g/mol. The first-order chi connectivity index (χ1) is 8.01. The van der Waals surface area contributed by atoms with Crippen LogP contribution in [0.2, 0.25) is 0 Å². The third-order valence-corrected chi connectivity index (χ3v) is 2.87. The van der Waals surface area contributed by atoms with Crippen LogP contribution in [0.4, 0.5) is 5.82 Å². The molecule has 0 aromatic carbocycles. The number of nitrogens with two attached hydrogens (primary N) is 1. The number of nitrogens with zero attached hydrogens (tertiary/aromatic N) is 1. The van der Waals surface area contributed by atoms with Gasteiger partial charge in [-0.3, -0.25) is 0 Å². The molecule has 0 saturated carbocycles. The molecule has 0 aliphatic heterocycles. The number of esters is 1. The maximum atomic E-state index is 11.4. The van der Waals surface area contributed by atoms with Gasteiger partial charge in [0.05, 0.1) is 13.2 Å². The first-order valence-electron chi connectivity index (χ1n) is 4.77. The Labute approximate surface area is 107 Å². The Kier molecular flexibility index (Phi) is 4.86. The summed E-state index contributed by atoms with van der Waals surface area (Å²) in [5.74, 6) is -0.626. The van der Waals surface area contributed by atoms with Gasteiger partial charge in [0.2, 0.25) is 0 Å². The summed E-state index contributed by atoms with van der Waals surface area (Å²) in [6.45, 7) is 0. The van der Waals surface area contributed by atoms with Crippen LogP contribution in [0.15, 0.2) is 12.3 Å². The Hall–Kier alpha value is -1.18. The van der Waals surface area contributed by atoms with Gasteiger partial charge in [0.1, 0.15) is 17.5 Å². The molecule has 0 spiro atoms. The number of pyridine rings is 1. The molecule has 6 nitrogen and oxygen atoms in total. The molecule has 7 heteroatoms. The Morgan fingerprint density at radius 3 is 2.82 bits per heavy atom. The lowest BCUT2D eigenvalue weighted by molar-refractivity contribution is 0.0339. The summed E-state index contributed by atoms with van der Waals surface area (Å²) in [5.41, 5.74) is 5.87. The van der Waals surface area contributed by atoms with Crippen molar-refractivity contribution in [3.8, 4) is 0 Å². The summed E-state index contributed by atoms with van der Waals surface area (Å²) < 4.78 is 4.53. The van der Waals surface area contributed by atoms with Crippen LogP contribution >= 0.6 is 15.9 Å². The standard InChI is InChI=1S/C10H13BrN2O4/c1-17-10(16)6-2-5(4-13-9(6)12)8(15)7(14)3-11/h2,4,7-8,14-15H,3H2,1H3,(H2,12,13). The summed E-state index contributed by atoms with van der Waals surface area (Å²) in [6.07, 6.45) is -0.838. The number of aliphatic hydroxyl groups excluding tert-OH is 2. The second kappa shape index (κ2) is 5.95. The van der Waals surface area contributed by atoms with Crippen molar-refractivity contribution in [2.24, 2.45) is 0 Å². The number of rotatable bonds is 4. The maximum Gasteiger partial charge on any atom is 0.341 e. The van der Waals surface area contributed by atoms with Gasteiger partial charge in [0.15, 0.2) is 0 Å². The minimum Gasteiger partial charge on any atom is -0.465 e. The summed E-state index contributed by atoms with van der Waals surface area (Å²) in [6, 6.07) is 1.35.